The first-order valence-corrected chi connectivity index (χ1v) is 1.81. The van der Waals surface area contributed by atoms with Crippen molar-refractivity contribution in [3.63, 3.8) is 0 Å². The van der Waals surface area contributed by atoms with Crippen molar-refractivity contribution >= 4 is 0 Å². The SMILES string of the molecule is C=CO[C@@H]1CO1. The summed E-state index contributed by atoms with van der Waals surface area (Å²) in [5.41, 5.74) is 0. The van der Waals surface area contributed by atoms with Gasteiger partial charge in [-0.1, -0.05) is 6.58 Å². The number of hydrogen-bond donors (Lipinski definition) is 0. The molecule has 1 aliphatic heterocycles. The van der Waals surface area contributed by atoms with E-state index in [-0.39, 0.29) is 6.29 Å². The van der Waals surface area contributed by atoms with Crippen LogP contribution in [0.2, 0.25) is 0 Å². The van der Waals surface area contributed by atoms with Crippen LogP contribution in [0.1, 0.15) is 0 Å². The molecule has 0 bridgehead atoms. The highest BCUT2D eigenvalue weighted by molar-refractivity contribution is 4.60. The maximum absolute atomic E-state index is 4.69. The highest BCUT2D eigenvalue weighted by atomic mass is 16.8. The molecular formula is C4H6O2. The molecule has 0 aromatic heterocycles. The second-order valence-corrected chi connectivity index (χ2v) is 1.07. The molecule has 0 saturated carbocycles. The average Bonchev–Trinajstić information content (AvgIpc) is 2.21. The summed E-state index contributed by atoms with van der Waals surface area (Å²) in [5, 5.41) is 0. The number of rotatable bonds is 2. The Kier molecular flexibility index (Phi) is 0.801. The smallest absolute Gasteiger partial charge is 0.222 e. The molecule has 0 N–H and O–H groups in total. The Hall–Kier alpha value is -0.500. The topological polar surface area (TPSA) is 21.8 Å². The van der Waals surface area contributed by atoms with E-state index in [0.717, 1.165) is 6.61 Å². The van der Waals surface area contributed by atoms with Gasteiger partial charge in [0.2, 0.25) is 6.29 Å². The Morgan fingerprint density at radius 3 is 2.83 bits per heavy atom. The lowest BCUT2D eigenvalue weighted by molar-refractivity contribution is 0.132. The maximum Gasteiger partial charge on any atom is 0.222 e. The van der Waals surface area contributed by atoms with Gasteiger partial charge in [0.1, 0.15) is 6.61 Å². The van der Waals surface area contributed by atoms with Gasteiger partial charge < -0.3 is 9.47 Å². The lowest BCUT2D eigenvalue weighted by Gasteiger charge is -1.84. The molecule has 0 spiro atoms. The van der Waals surface area contributed by atoms with Gasteiger partial charge in [-0.2, -0.15) is 0 Å². The molecule has 1 aliphatic rings. The first-order chi connectivity index (χ1) is 2.93. The fraction of sp³-hybridized carbons (Fsp3) is 0.500. The number of hydrogen-bond acceptors (Lipinski definition) is 2. The van der Waals surface area contributed by atoms with Gasteiger partial charge in [-0.15, -0.1) is 0 Å². The Morgan fingerprint density at radius 2 is 2.67 bits per heavy atom. The summed E-state index contributed by atoms with van der Waals surface area (Å²) in [5.74, 6) is 0. The van der Waals surface area contributed by atoms with Crippen LogP contribution in [0, 0.1) is 0 Å². The van der Waals surface area contributed by atoms with Crippen LogP contribution in [0.3, 0.4) is 0 Å². The first-order valence-electron chi connectivity index (χ1n) is 1.81. The van der Waals surface area contributed by atoms with Crippen LogP contribution in [0.4, 0.5) is 0 Å². The monoisotopic (exact) mass is 86.0 g/mol. The van der Waals surface area contributed by atoms with Crippen molar-refractivity contribution in [3.05, 3.63) is 12.8 Å². The van der Waals surface area contributed by atoms with Gasteiger partial charge in [0.15, 0.2) is 0 Å². The van der Waals surface area contributed by atoms with Crippen molar-refractivity contribution in [2.45, 2.75) is 6.29 Å². The van der Waals surface area contributed by atoms with Crippen molar-refractivity contribution in [1.82, 2.24) is 0 Å². The molecule has 0 radical (unpaired) electrons. The van der Waals surface area contributed by atoms with Crippen molar-refractivity contribution in [2.24, 2.45) is 0 Å². The van der Waals surface area contributed by atoms with E-state index in [4.69, 9.17) is 4.74 Å². The molecule has 1 rings (SSSR count). The third-order valence-electron chi connectivity index (χ3n) is 0.551. The van der Waals surface area contributed by atoms with Gasteiger partial charge in [-0.25, -0.2) is 0 Å². The lowest BCUT2D eigenvalue weighted by Crippen LogP contribution is -1.81. The predicted octanol–water partition coefficient (Wildman–Crippen LogP) is 0.503. The fourth-order valence-electron chi connectivity index (χ4n) is 0.225. The molecule has 6 heavy (non-hydrogen) atoms. The molecule has 2 heteroatoms. The average molecular weight is 86.1 g/mol. The zero-order valence-electron chi connectivity index (χ0n) is 3.39. The van der Waals surface area contributed by atoms with Crippen molar-refractivity contribution in [2.75, 3.05) is 6.61 Å². The Morgan fingerprint density at radius 1 is 2.00 bits per heavy atom. The molecular weight excluding hydrogens is 80.0 g/mol. The first kappa shape index (κ1) is 3.68. The molecule has 0 unspecified atom stereocenters. The van der Waals surface area contributed by atoms with E-state index < -0.39 is 0 Å². The van der Waals surface area contributed by atoms with E-state index in [1.54, 1.807) is 0 Å². The second-order valence-electron chi connectivity index (χ2n) is 1.07. The largest absolute Gasteiger partial charge is 0.471 e. The van der Waals surface area contributed by atoms with Crippen LogP contribution < -0.4 is 0 Å². The summed E-state index contributed by atoms with van der Waals surface area (Å²) < 4.78 is 9.35. The molecule has 1 heterocycles. The van der Waals surface area contributed by atoms with Crippen molar-refractivity contribution < 1.29 is 9.47 Å². The summed E-state index contributed by atoms with van der Waals surface area (Å²) in [6.45, 7) is 4.07. The van der Waals surface area contributed by atoms with Crippen molar-refractivity contribution in [3.8, 4) is 0 Å². The zero-order chi connectivity index (χ0) is 4.41. The summed E-state index contributed by atoms with van der Waals surface area (Å²) in [4.78, 5) is 0. The summed E-state index contributed by atoms with van der Waals surface area (Å²) in [7, 11) is 0. The van der Waals surface area contributed by atoms with Crippen LogP contribution in [-0.4, -0.2) is 12.9 Å². The predicted molar refractivity (Wildman–Crippen MR) is 21.0 cm³/mol. The molecule has 2 nitrogen and oxygen atoms in total. The van der Waals surface area contributed by atoms with Crippen molar-refractivity contribution in [1.29, 1.82) is 0 Å². The van der Waals surface area contributed by atoms with Gasteiger partial charge in [0.25, 0.3) is 0 Å². The second kappa shape index (κ2) is 1.30. The Bertz CT molecular complexity index is 56.6. The van der Waals surface area contributed by atoms with Gasteiger partial charge in [-0.05, 0) is 0 Å². The molecule has 1 atom stereocenters. The van der Waals surface area contributed by atoms with Gasteiger partial charge >= 0.3 is 0 Å². The number of ether oxygens (including phenoxy) is 2. The zero-order valence-corrected chi connectivity index (χ0v) is 3.39. The van der Waals surface area contributed by atoms with E-state index in [2.05, 4.69) is 11.3 Å². The molecule has 1 fully saturated rings. The minimum atomic E-state index is 0.0301. The van der Waals surface area contributed by atoms with Gasteiger partial charge in [-0.3, -0.25) is 0 Å². The third-order valence-corrected chi connectivity index (χ3v) is 0.551. The van der Waals surface area contributed by atoms with E-state index in [1.165, 1.54) is 6.26 Å². The highest BCUT2D eigenvalue weighted by Gasteiger charge is 2.21. The van der Waals surface area contributed by atoms with E-state index in [9.17, 15) is 0 Å². The summed E-state index contributed by atoms with van der Waals surface area (Å²) in [6, 6.07) is 0. The van der Waals surface area contributed by atoms with E-state index in [1.807, 2.05) is 0 Å². The molecule has 0 aromatic carbocycles. The standard InChI is InChI=1S/C4H6O2/c1-2-5-4-3-6-4/h2,4H,1,3H2/t4-/m0/s1. The Labute approximate surface area is 36.4 Å². The summed E-state index contributed by atoms with van der Waals surface area (Å²) >= 11 is 0. The fourth-order valence-corrected chi connectivity index (χ4v) is 0.225. The van der Waals surface area contributed by atoms with Crippen LogP contribution >= 0.6 is 0 Å². The number of epoxide rings is 1. The molecule has 0 aliphatic carbocycles. The van der Waals surface area contributed by atoms with E-state index in [0.29, 0.717) is 0 Å². The molecule has 0 aromatic rings. The lowest BCUT2D eigenvalue weighted by atomic mass is 10.9. The van der Waals surface area contributed by atoms with E-state index >= 15 is 0 Å². The maximum atomic E-state index is 4.69. The minimum Gasteiger partial charge on any atom is -0.471 e. The third kappa shape index (κ3) is 0.723. The highest BCUT2D eigenvalue weighted by Crippen LogP contribution is 2.08. The molecule has 0 amide bonds. The van der Waals surface area contributed by atoms with Crippen LogP contribution in [0.5, 0.6) is 0 Å². The van der Waals surface area contributed by atoms with Crippen LogP contribution in [0.15, 0.2) is 12.8 Å². The molecule has 1 saturated heterocycles. The van der Waals surface area contributed by atoms with Crippen LogP contribution in [0.25, 0.3) is 0 Å². The minimum absolute atomic E-state index is 0.0301. The van der Waals surface area contributed by atoms with Gasteiger partial charge in [0.05, 0.1) is 6.26 Å². The van der Waals surface area contributed by atoms with Gasteiger partial charge in [0, 0.05) is 0 Å². The Balaban J connectivity index is 2.00. The molecule has 34 valence electrons. The quantitative estimate of drug-likeness (QED) is 0.360. The summed E-state index contributed by atoms with van der Waals surface area (Å²) in [6.07, 6.45) is 1.42. The normalized spacial score (nSPS) is 29.0. The van der Waals surface area contributed by atoms with Crippen LogP contribution in [-0.2, 0) is 9.47 Å².